The number of carbonyl (C=O) groups is 2. The molecule has 92 valence electrons. The van der Waals surface area contributed by atoms with Gasteiger partial charge in [-0.2, -0.15) is 0 Å². The Morgan fingerprint density at radius 3 is 2.12 bits per heavy atom. The summed E-state index contributed by atoms with van der Waals surface area (Å²) in [5.74, 6) is -0.169. The third-order valence-electron chi connectivity index (χ3n) is 2.48. The van der Waals surface area contributed by atoms with Crippen LogP contribution in [0.1, 0.15) is 42.7 Å². The van der Waals surface area contributed by atoms with Gasteiger partial charge in [-0.05, 0) is 19.4 Å². The van der Waals surface area contributed by atoms with E-state index in [4.69, 9.17) is 11.6 Å². The number of Topliss-reactive ketones (excluding diaryl/α,β-unsaturated/α-hetero) is 1. The molecule has 3 nitrogen and oxygen atoms in total. The summed E-state index contributed by atoms with van der Waals surface area (Å²) in [6.07, 6.45) is 0. The Morgan fingerprint density at radius 1 is 1.18 bits per heavy atom. The molecule has 0 saturated carbocycles. The second-order valence-corrected chi connectivity index (χ2v) is 4.68. The maximum absolute atomic E-state index is 11.6. The van der Waals surface area contributed by atoms with E-state index in [2.05, 4.69) is 5.32 Å². The van der Waals surface area contributed by atoms with Crippen LogP contribution in [0.2, 0.25) is 0 Å². The molecule has 0 saturated heterocycles. The van der Waals surface area contributed by atoms with E-state index in [1.807, 2.05) is 19.1 Å². The van der Waals surface area contributed by atoms with Crippen molar-refractivity contribution < 1.29 is 9.59 Å². The number of halogens is 1. The van der Waals surface area contributed by atoms with Gasteiger partial charge in [0, 0.05) is 12.5 Å². The van der Waals surface area contributed by atoms with E-state index < -0.39 is 5.38 Å². The largest absolute Gasteiger partial charge is 0.350 e. The SMILES string of the molecule is CC(=O)N[C@H](C)c1ccc(C(=O)[C@H](C)Cl)cc1. The topological polar surface area (TPSA) is 46.2 Å². The van der Waals surface area contributed by atoms with Gasteiger partial charge in [-0.3, -0.25) is 9.59 Å². The van der Waals surface area contributed by atoms with Crippen LogP contribution in [0, 0.1) is 0 Å². The molecule has 1 amide bonds. The highest BCUT2D eigenvalue weighted by molar-refractivity contribution is 6.33. The Bertz CT molecular complexity index is 412. The van der Waals surface area contributed by atoms with E-state index in [-0.39, 0.29) is 17.7 Å². The Kier molecular flexibility index (Phi) is 4.70. The lowest BCUT2D eigenvalue weighted by molar-refractivity contribution is -0.119. The molecular formula is C13H16ClNO2. The van der Waals surface area contributed by atoms with E-state index in [1.165, 1.54) is 6.92 Å². The van der Waals surface area contributed by atoms with Crippen LogP contribution in [0.5, 0.6) is 0 Å². The van der Waals surface area contributed by atoms with E-state index in [0.29, 0.717) is 5.56 Å². The number of amides is 1. The highest BCUT2D eigenvalue weighted by Crippen LogP contribution is 2.15. The van der Waals surface area contributed by atoms with Crippen LogP contribution in [0.3, 0.4) is 0 Å². The second-order valence-electron chi connectivity index (χ2n) is 4.02. The van der Waals surface area contributed by atoms with Crippen molar-refractivity contribution in [2.24, 2.45) is 0 Å². The summed E-state index contributed by atoms with van der Waals surface area (Å²) in [6.45, 7) is 5.02. The van der Waals surface area contributed by atoms with Gasteiger partial charge in [-0.15, -0.1) is 11.6 Å². The summed E-state index contributed by atoms with van der Waals surface area (Å²) in [5.41, 5.74) is 1.55. The molecule has 0 bridgehead atoms. The molecule has 0 radical (unpaired) electrons. The predicted octanol–water partition coefficient (Wildman–Crippen LogP) is 2.69. The quantitative estimate of drug-likeness (QED) is 0.662. The second kappa shape index (κ2) is 5.82. The zero-order chi connectivity index (χ0) is 13.0. The number of alkyl halides is 1. The molecule has 1 aromatic rings. The molecule has 0 heterocycles. The summed E-state index contributed by atoms with van der Waals surface area (Å²) in [4.78, 5) is 22.5. The van der Waals surface area contributed by atoms with Crippen LogP contribution >= 0.6 is 11.6 Å². The first kappa shape index (κ1) is 13.7. The number of ketones is 1. The molecule has 0 aliphatic heterocycles. The fourth-order valence-electron chi connectivity index (χ4n) is 1.55. The summed E-state index contributed by atoms with van der Waals surface area (Å²) in [6, 6.07) is 7.05. The van der Waals surface area contributed by atoms with Crippen molar-refractivity contribution in [2.45, 2.75) is 32.2 Å². The zero-order valence-electron chi connectivity index (χ0n) is 10.2. The molecule has 0 spiro atoms. The monoisotopic (exact) mass is 253 g/mol. The van der Waals surface area contributed by atoms with Crippen molar-refractivity contribution >= 4 is 23.3 Å². The average Bonchev–Trinajstić information content (AvgIpc) is 2.27. The van der Waals surface area contributed by atoms with Gasteiger partial charge < -0.3 is 5.32 Å². The lowest BCUT2D eigenvalue weighted by Gasteiger charge is -2.13. The molecule has 0 fully saturated rings. The van der Waals surface area contributed by atoms with E-state index in [9.17, 15) is 9.59 Å². The first-order chi connectivity index (χ1) is 7.91. The summed E-state index contributed by atoms with van der Waals surface area (Å²) < 4.78 is 0. The van der Waals surface area contributed by atoms with E-state index >= 15 is 0 Å². The predicted molar refractivity (Wildman–Crippen MR) is 68.3 cm³/mol. The number of hydrogen-bond acceptors (Lipinski definition) is 2. The maximum atomic E-state index is 11.6. The standard InChI is InChI=1S/C13H16ClNO2/c1-8(14)13(17)12-6-4-11(5-7-12)9(2)15-10(3)16/h4-9H,1-3H3,(H,15,16)/t8-,9+/m0/s1. The number of hydrogen-bond donors (Lipinski definition) is 1. The molecule has 0 unspecified atom stereocenters. The molecule has 0 aromatic heterocycles. The van der Waals surface area contributed by atoms with Crippen molar-refractivity contribution in [3.8, 4) is 0 Å². The summed E-state index contributed by atoms with van der Waals surface area (Å²) in [7, 11) is 0. The normalized spacial score (nSPS) is 13.9. The molecule has 1 rings (SSSR count). The van der Waals surface area contributed by atoms with E-state index in [0.717, 1.165) is 5.56 Å². The molecule has 2 atom stereocenters. The van der Waals surface area contributed by atoms with Crippen LogP contribution in [-0.4, -0.2) is 17.1 Å². The highest BCUT2D eigenvalue weighted by atomic mass is 35.5. The van der Waals surface area contributed by atoms with Gasteiger partial charge in [-0.25, -0.2) is 0 Å². The van der Waals surface area contributed by atoms with Gasteiger partial charge >= 0.3 is 0 Å². The fourth-order valence-corrected chi connectivity index (χ4v) is 1.68. The lowest BCUT2D eigenvalue weighted by Crippen LogP contribution is -2.23. The van der Waals surface area contributed by atoms with Gasteiger partial charge in [0.25, 0.3) is 0 Å². The van der Waals surface area contributed by atoms with Crippen molar-refractivity contribution in [2.75, 3.05) is 0 Å². The van der Waals surface area contributed by atoms with Crippen molar-refractivity contribution in [3.63, 3.8) is 0 Å². The molecule has 0 aliphatic rings. The minimum absolute atomic E-state index is 0.0647. The van der Waals surface area contributed by atoms with Gasteiger partial charge in [0.15, 0.2) is 5.78 Å². The number of carbonyl (C=O) groups excluding carboxylic acids is 2. The third kappa shape index (κ3) is 3.86. The van der Waals surface area contributed by atoms with Crippen LogP contribution in [0.4, 0.5) is 0 Å². The van der Waals surface area contributed by atoms with Crippen molar-refractivity contribution in [3.05, 3.63) is 35.4 Å². The van der Waals surface area contributed by atoms with Crippen LogP contribution < -0.4 is 5.32 Å². The first-order valence-corrected chi connectivity index (χ1v) is 5.90. The molecule has 4 heteroatoms. The van der Waals surface area contributed by atoms with Crippen LogP contribution in [-0.2, 0) is 4.79 Å². The third-order valence-corrected chi connectivity index (χ3v) is 2.67. The lowest BCUT2D eigenvalue weighted by atomic mass is 10.0. The van der Waals surface area contributed by atoms with Crippen molar-refractivity contribution in [1.82, 2.24) is 5.32 Å². The smallest absolute Gasteiger partial charge is 0.217 e. The van der Waals surface area contributed by atoms with Crippen LogP contribution in [0.25, 0.3) is 0 Å². The molecular weight excluding hydrogens is 238 g/mol. The average molecular weight is 254 g/mol. The summed E-state index contributed by atoms with van der Waals surface area (Å²) in [5, 5.41) is 2.26. The minimum Gasteiger partial charge on any atom is -0.350 e. The summed E-state index contributed by atoms with van der Waals surface area (Å²) >= 11 is 5.73. The minimum atomic E-state index is -0.520. The Balaban J connectivity index is 2.81. The number of rotatable bonds is 4. The molecule has 1 N–H and O–H groups in total. The fraction of sp³-hybridized carbons (Fsp3) is 0.385. The Labute approximate surface area is 106 Å². The van der Waals surface area contributed by atoms with Crippen molar-refractivity contribution in [1.29, 1.82) is 0 Å². The van der Waals surface area contributed by atoms with Crippen LogP contribution in [0.15, 0.2) is 24.3 Å². The van der Waals surface area contributed by atoms with Gasteiger partial charge in [0.1, 0.15) is 0 Å². The Morgan fingerprint density at radius 2 is 1.71 bits per heavy atom. The molecule has 0 aliphatic carbocycles. The molecule has 1 aromatic carbocycles. The van der Waals surface area contributed by atoms with Gasteiger partial charge in [-0.1, -0.05) is 24.3 Å². The highest BCUT2D eigenvalue weighted by Gasteiger charge is 2.13. The van der Waals surface area contributed by atoms with E-state index in [1.54, 1.807) is 19.1 Å². The number of nitrogens with one attached hydrogen (secondary N) is 1. The molecule has 17 heavy (non-hydrogen) atoms. The maximum Gasteiger partial charge on any atom is 0.217 e. The first-order valence-electron chi connectivity index (χ1n) is 5.47. The van der Waals surface area contributed by atoms with Gasteiger partial charge in [0.2, 0.25) is 5.91 Å². The zero-order valence-corrected chi connectivity index (χ0v) is 10.9. The number of benzene rings is 1. The Hall–Kier alpha value is -1.35. The van der Waals surface area contributed by atoms with Gasteiger partial charge in [0.05, 0.1) is 11.4 Å².